The molecule has 0 fully saturated rings. The van der Waals surface area contributed by atoms with E-state index < -0.39 is 5.92 Å². The maximum absolute atomic E-state index is 12.5. The van der Waals surface area contributed by atoms with E-state index in [1.165, 1.54) is 0 Å². The molecule has 0 bridgehead atoms. The topological polar surface area (TPSA) is 51.1 Å². The molecule has 96 valence electrons. The van der Waals surface area contributed by atoms with Crippen molar-refractivity contribution in [2.45, 2.75) is 5.92 Å². The van der Waals surface area contributed by atoms with Crippen LogP contribution in [0.3, 0.4) is 0 Å². The summed E-state index contributed by atoms with van der Waals surface area (Å²) in [7, 11) is 1.81. The number of fused-ring (bicyclic) bond motifs is 1. The minimum Gasteiger partial charge on any atom is -0.353 e. The molecule has 3 rings (SSSR count). The van der Waals surface area contributed by atoms with Gasteiger partial charge in [-0.05, 0) is 30.3 Å². The smallest absolute Gasteiger partial charge is 0.241 e. The van der Waals surface area contributed by atoms with Gasteiger partial charge in [0.05, 0.1) is 5.69 Å². The summed E-state index contributed by atoms with van der Waals surface area (Å²) < 4.78 is 1.78. The van der Waals surface area contributed by atoms with Gasteiger partial charge in [0.1, 0.15) is 5.92 Å². The summed E-state index contributed by atoms with van der Waals surface area (Å²) in [6, 6.07) is 8.48. The molecule has 19 heavy (non-hydrogen) atoms. The minimum absolute atomic E-state index is 0.197. The first-order valence-corrected chi connectivity index (χ1v) is 6.21. The Balaban J connectivity index is 2.11. The summed E-state index contributed by atoms with van der Waals surface area (Å²) in [5.74, 6) is -1.31. The fourth-order valence-electron chi connectivity index (χ4n) is 2.36. The largest absolute Gasteiger partial charge is 0.353 e. The van der Waals surface area contributed by atoms with Gasteiger partial charge >= 0.3 is 0 Å². The number of halogens is 1. The molecule has 1 unspecified atom stereocenters. The lowest BCUT2D eigenvalue weighted by atomic mass is 9.89. The summed E-state index contributed by atoms with van der Waals surface area (Å²) in [5.41, 5.74) is 1.66. The lowest BCUT2D eigenvalue weighted by Gasteiger charge is -2.24. The van der Waals surface area contributed by atoms with E-state index in [2.05, 4.69) is 5.32 Å². The number of carbonyl (C=O) groups excluding carboxylic acids is 2. The van der Waals surface area contributed by atoms with Crippen LogP contribution in [-0.2, 0) is 11.8 Å². The van der Waals surface area contributed by atoms with Crippen molar-refractivity contribution in [3.8, 4) is 0 Å². The van der Waals surface area contributed by atoms with E-state index in [1.54, 1.807) is 28.8 Å². The Morgan fingerprint density at radius 2 is 2.05 bits per heavy atom. The van der Waals surface area contributed by atoms with Gasteiger partial charge < -0.3 is 9.88 Å². The third-order valence-corrected chi connectivity index (χ3v) is 3.54. The van der Waals surface area contributed by atoms with Crippen LogP contribution in [0.4, 0.5) is 5.69 Å². The van der Waals surface area contributed by atoms with Crippen LogP contribution in [0.5, 0.6) is 0 Å². The predicted molar refractivity (Wildman–Crippen MR) is 72.6 cm³/mol. The molecule has 2 aromatic rings. The van der Waals surface area contributed by atoms with E-state index in [9.17, 15) is 9.59 Å². The highest BCUT2D eigenvalue weighted by Gasteiger charge is 2.36. The second kappa shape index (κ2) is 4.24. The molecule has 1 amide bonds. The molecule has 1 aromatic heterocycles. The van der Waals surface area contributed by atoms with Gasteiger partial charge in [-0.15, -0.1) is 0 Å². The molecule has 1 N–H and O–H groups in total. The van der Waals surface area contributed by atoms with Crippen molar-refractivity contribution in [1.29, 1.82) is 0 Å². The van der Waals surface area contributed by atoms with Gasteiger partial charge in [0.25, 0.3) is 0 Å². The van der Waals surface area contributed by atoms with Crippen molar-refractivity contribution < 1.29 is 9.59 Å². The Kier molecular flexibility index (Phi) is 2.68. The number of nitrogens with one attached hydrogen (secondary N) is 1. The summed E-state index contributed by atoms with van der Waals surface area (Å²) >= 11 is 5.87. The Morgan fingerprint density at radius 1 is 1.26 bits per heavy atom. The van der Waals surface area contributed by atoms with E-state index in [0.717, 1.165) is 0 Å². The summed E-state index contributed by atoms with van der Waals surface area (Å²) in [6.07, 6.45) is 1.81. The average molecular weight is 275 g/mol. The van der Waals surface area contributed by atoms with Gasteiger partial charge in [-0.3, -0.25) is 9.59 Å². The van der Waals surface area contributed by atoms with Crippen LogP contribution in [0.25, 0.3) is 0 Å². The fourth-order valence-corrected chi connectivity index (χ4v) is 2.53. The van der Waals surface area contributed by atoms with Crippen LogP contribution in [-0.4, -0.2) is 16.3 Å². The van der Waals surface area contributed by atoms with Crippen LogP contribution in [0.1, 0.15) is 22.0 Å². The summed E-state index contributed by atoms with van der Waals surface area (Å²) in [4.78, 5) is 24.6. The van der Waals surface area contributed by atoms with E-state index in [4.69, 9.17) is 11.6 Å². The van der Waals surface area contributed by atoms with Crippen molar-refractivity contribution in [1.82, 2.24) is 4.57 Å². The van der Waals surface area contributed by atoms with Crippen LogP contribution in [0.2, 0.25) is 5.02 Å². The molecule has 0 spiro atoms. The van der Waals surface area contributed by atoms with Gasteiger partial charge in [0.2, 0.25) is 5.91 Å². The molecule has 0 aliphatic carbocycles. The molecule has 0 saturated carbocycles. The fraction of sp³-hybridized carbons (Fsp3) is 0.143. The molecule has 4 nitrogen and oxygen atoms in total. The molecule has 1 atom stereocenters. The molecule has 1 aliphatic rings. The average Bonchev–Trinajstić information content (AvgIpc) is 2.75. The van der Waals surface area contributed by atoms with Gasteiger partial charge in [-0.2, -0.15) is 0 Å². The highest BCUT2D eigenvalue weighted by Crippen LogP contribution is 2.33. The van der Waals surface area contributed by atoms with Crippen molar-refractivity contribution >= 4 is 29.0 Å². The Labute approximate surface area is 115 Å². The molecular formula is C14H11ClN2O2. The van der Waals surface area contributed by atoms with Crippen LogP contribution >= 0.6 is 11.6 Å². The van der Waals surface area contributed by atoms with Gasteiger partial charge in [0, 0.05) is 29.5 Å². The molecule has 1 aromatic carbocycles. The third-order valence-electron chi connectivity index (χ3n) is 3.31. The quantitative estimate of drug-likeness (QED) is 0.813. The predicted octanol–water partition coefficient (Wildman–Crippen LogP) is 2.60. The second-order valence-corrected chi connectivity index (χ2v) is 4.96. The minimum atomic E-state index is -0.798. The van der Waals surface area contributed by atoms with Gasteiger partial charge in [0.15, 0.2) is 5.78 Å². The SMILES string of the molecule is Cn1cccc1C1C(=O)Nc2cc(Cl)ccc2C1=O. The maximum atomic E-state index is 12.5. The number of aryl methyl sites for hydroxylation is 1. The van der Waals surface area contributed by atoms with E-state index in [-0.39, 0.29) is 11.7 Å². The zero-order valence-electron chi connectivity index (χ0n) is 10.2. The monoisotopic (exact) mass is 274 g/mol. The number of carbonyl (C=O) groups is 2. The Hall–Kier alpha value is -2.07. The lowest BCUT2D eigenvalue weighted by Crippen LogP contribution is -2.34. The maximum Gasteiger partial charge on any atom is 0.241 e. The number of ketones is 1. The number of amides is 1. The summed E-state index contributed by atoms with van der Waals surface area (Å²) in [6.45, 7) is 0. The zero-order chi connectivity index (χ0) is 13.6. The first-order chi connectivity index (χ1) is 9.08. The lowest BCUT2D eigenvalue weighted by molar-refractivity contribution is -0.116. The zero-order valence-corrected chi connectivity index (χ0v) is 10.9. The number of aromatic nitrogens is 1. The molecule has 2 heterocycles. The first-order valence-electron chi connectivity index (χ1n) is 5.84. The number of anilines is 1. The first kappa shape index (κ1) is 12.0. The van der Waals surface area contributed by atoms with Crippen molar-refractivity contribution in [2.75, 3.05) is 5.32 Å². The number of Topliss-reactive ketones (excluding diaryl/α,β-unsaturated/α-hetero) is 1. The van der Waals surface area contributed by atoms with Gasteiger partial charge in [-0.25, -0.2) is 0 Å². The number of benzene rings is 1. The standard InChI is InChI=1S/C14H11ClN2O2/c1-17-6-2-3-11(17)12-13(18)9-5-4-8(15)7-10(9)16-14(12)19/h2-7,12H,1H3,(H,16,19). The van der Waals surface area contributed by atoms with Crippen molar-refractivity contribution in [3.63, 3.8) is 0 Å². The van der Waals surface area contributed by atoms with Crippen LogP contribution in [0.15, 0.2) is 36.5 Å². The number of rotatable bonds is 1. The Bertz CT molecular complexity index is 691. The normalized spacial score (nSPS) is 18.1. The molecule has 1 aliphatic heterocycles. The van der Waals surface area contributed by atoms with Crippen LogP contribution in [0, 0.1) is 0 Å². The van der Waals surface area contributed by atoms with E-state index >= 15 is 0 Å². The highest BCUT2D eigenvalue weighted by molar-refractivity contribution is 6.32. The Morgan fingerprint density at radius 3 is 2.74 bits per heavy atom. The van der Waals surface area contributed by atoms with Crippen LogP contribution < -0.4 is 5.32 Å². The van der Waals surface area contributed by atoms with E-state index in [0.29, 0.717) is 22.0 Å². The molecule has 0 saturated heterocycles. The number of hydrogen-bond acceptors (Lipinski definition) is 2. The molecule has 0 radical (unpaired) electrons. The highest BCUT2D eigenvalue weighted by atomic mass is 35.5. The van der Waals surface area contributed by atoms with Crippen molar-refractivity contribution in [3.05, 3.63) is 52.8 Å². The number of nitrogens with zero attached hydrogens (tertiary/aromatic N) is 1. The second-order valence-electron chi connectivity index (χ2n) is 4.52. The number of hydrogen-bond donors (Lipinski definition) is 1. The van der Waals surface area contributed by atoms with Crippen molar-refractivity contribution in [2.24, 2.45) is 7.05 Å². The van der Waals surface area contributed by atoms with E-state index in [1.807, 2.05) is 19.3 Å². The van der Waals surface area contributed by atoms with Gasteiger partial charge in [-0.1, -0.05) is 11.6 Å². The summed E-state index contributed by atoms with van der Waals surface area (Å²) in [5, 5.41) is 3.23. The molecular weight excluding hydrogens is 264 g/mol. The third kappa shape index (κ3) is 1.85. The molecule has 5 heteroatoms.